The second-order valence-corrected chi connectivity index (χ2v) is 6.32. The van der Waals surface area contributed by atoms with Crippen molar-refractivity contribution in [2.75, 3.05) is 17.7 Å². The number of para-hydroxylation sites is 3. The van der Waals surface area contributed by atoms with Gasteiger partial charge in [0.15, 0.2) is 5.75 Å². The summed E-state index contributed by atoms with van der Waals surface area (Å²) in [4.78, 5) is 11.9. The van der Waals surface area contributed by atoms with Crippen LogP contribution in [0.25, 0.3) is 0 Å². The number of anilines is 1. The molecule has 0 spiro atoms. The van der Waals surface area contributed by atoms with Crippen LogP contribution in [0, 0.1) is 0 Å². The van der Waals surface area contributed by atoms with Gasteiger partial charge in [0.1, 0.15) is 10.7 Å². The zero-order chi connectivity index (χ0) is 18.6. The molecule has 0 radical (unpaired) electrons. The monoisotopic (exact) mass is 381 g/mol. The van der Waals surface area contributed by atoms with Gasteiger partial charge in [0.25, 0.3) is 5.91 Å². The molecule has 1 aliphatic rings. The molecule has 136 valence electrons. The number of rotatable bonds is 4. The van der Waals surface area contributed by atoms with Gasteiger partial charge < -0.3 is 14.8 Å². The number of allylic oxidation sites excluding steroid dienone is 1. The third-order valence-corrected chi connectivity index (χ3v) is 4.38. The predicted octanol–water partition coefficient (Wildman–Crippen LogP) is 4.95. The number of carbonyl (C=O) groups is 1. The summed E-state index contributed by atoms with van der Waals surface area (Å²) in [7, 11) is 0. The molecule has 0 atom stereocenters. The Morgan fingerprint density at radius 2 is 1.77 bits per heavy atom. The van der Waals surface area contributed by atoms with Crippen LogP contribution in [-0.4, -0.2) is 24.4 Å². The fourth-order valence-corrected chi connectivity index (χ4v) is 3.11. The maximum atomic E-state index is 13.1. The van der Waals surface area contributed by atoms with E-state index < -0.39 is 22.7 Å². The molecule has 0 saturated carbocycles. The first-order valence-electron chi connectivity index (χ1n) is 7.65. The molecule has 1 amide bonds. The summed E-state index contributed by atoms with van der Waals surface area (Å²) < 4.78 is 49.6. The van der Waals surface area contributed by atoms with E-state index in [4.69, 9.17) is 4.74 Å². The lowest BCUT2D eigenvalue weighted by atomic mass is 10.2. The molecule has 4 nitrogen and oxygen atoms in total. The summed E-state index contributed by atoms with van der Waals surface area (Å²) in [5.41, 5.74) is 0.265. The predicted molar refractivity (Wildman–Crippen MR) is 93.1 cm³/mol. The number of nitrogens with one attached hydrogen (secondary N) is 1. The van der Waals surface area contributed by atoms with Crippen molar-refractivity contribution < 1.29 is 27.4 Å². The van der Waals surface area contributed by atoms with E-state index in [-0.39, 0.29) is 18.0 Å². The molecule has 0 bridgehead atoms. The van der Waals surface area contributed by atoms with E-state index >= 15 is 0 Å². The van der Waals surface area contributed by atoms with Crippen LogP contribution < -0.4 is 10.1 Å². The van der Waals surface area contributed by atoms with Crippen molar-refractivity contribution >= 4 is 23.4 Å². The van der Waals surface area contributed by atoms with Crippen molar-refractivity contribution in [3.05, 3.63) is 65.3 Å². The van der Waals surface area contributed by atoms with Gasteiger partial charge in [0.05, 0.1) is 12.3 Å². The highest BCUT2D eigenvalue weighted by Gasteiger charge is 2.42. The van der Waals surface area contributed by atoms with Crippen LogP contribution in [0.15, 0.2) is 65.3 Å². The molecule has 1 N–H and O–H groups in total. The molecule has 2 aromatic carbocycles. The Morgan fingerprint density at radius 3 is 2.50 bits per heavy atom. The number of hydrogen-bond donors (Lipinski definition) is 1. The van der Waals surface area contributed by atoms with Crippen LogP contribution in [0.4, 0.5) is 18.9 Å². The number of carbonyl (C=O) groups excluding carboxylic acids is 1. The number of alkyl halides is 3. The smallest absolute Gasteiger partial charge is 0.450 e. The minimum atomic E-state index is -4.72. The number of hydrogen-bond acceptors (Lipinski definition) is 4. The third kappa shape index (κ3) is 4.32. The van der Waals surface area contributed by atoms with Crippen molar-refractivity contribution in [1.29, 1.82) is 0 Å². The van der Waals surface area contributed by atoms with Gasteiger partial charge in [-0.05, 0) is 24.3 Å². The van der Waals surface area contributed by atoms with Crippen LogP contribution in [-0.2, 0) is 9.53 Å². The molecule has 0 saturated heterocycles. The summed E-state index contributed by atoms with van der Waals surface area (Å²) in [6, 6.07) is 15.4. The zero-order valence-corrected chi connectivity index (χ0v) is 14.2. The Labute approximate surface area is 152 Å². The van der Waals surface area contributed by atoms with Crippen LogP contribution in [0.3, 0.4) is 0 Å². The van der Waals surface area contributed by atoms with Gasteiger partial charge >= 0.3 is 6.18 Å². The Hall–Kier alpha value is -2.61. The molecule has 26 heavy (non-hydrogen) atoms. The minimum Gasteiger partial charge on any atom is -0.487 e. The number of benzene rings is 2. The second-order valence-electron chi connectivity index (χ2n) is 5.22. The molecule has 0 aromatic heterocycles. The van der Waals surface area contributed by atoms with E-state index in [1.54, 1.807) is 48.5 Å². The third-order valence-electron chi connectivity index (χ3n) is 3.35. The van der Waals surface area contributed by atoms with Crippen molar-refractivity contribution in [1.82, 2.24) is 0 Å². The Bertz CT molecular complexity index is 822. The highest BCUT2D eigenvalue weighted by molar-refractivity contribution is 8.04. The molecule has 2 aromatic rings. The Kier molecular flexibility index (Phi) is 5.41. The van der Waals surface area contributed by atoms with E-state index in [2.05, 4.69) is 10.1 Å². The molecule has 8 heteroatoms. The number of ether oxygens (including phenoxy) is 2. The molecule has 0 aliphatic carbocycles. The van der Waals surface area contributed by atoms with Gasteiger partial charge in [-0.25, -0.2) is 0 Å². The van der Waals surface area contributed by atoms with Gasteiger partial charge in [-0.2, -0.15) is 13.2 Å². The summed E-state index contributed by atoms with van der Waals surface area (Å²) in [5, 5.41) is 2.48. The molecule has 1 heterocycles. The average Bonchev–Trinajstić information content (AvgIpc) is 2.63. The molecule has 1 aliphatic heterocycles. The van der Waals surface area contributed by atoms with Crippen LogP contribution in [0.2, 0.25) is 0 Å². The largest absolute Gasteiger partial charge is 0.487 e. The van der Waals surface area contributed by atoms with Crippen molar-refractivity contribution in [2.24, 2.45) is 0 Å². The summed E-state index contributed by atoms with van der Waals surface area (Å²) in [6.45, 7) is -0.0933. The van der Waals surface area contributed by atoms with Gasteiger partial charge in [-0.15, -0.1) is 11.8 Å². The molecule has 0 unspecified atom stereocenters. The molecule has 3 rings (SSSR count). The van der Waals surface area contributed by atoms with Crippen molar-refractivity contribution in [3.63, 3.8) is 0 Å². The lowest BCUT2D eigenvalue weighted by Crippen LogP contribution is -2.26. The van der Waals surface area contributed by atoms with Crippen LogP contribution >= 0.6 is 11.8 Å². The average molecular weight is 381 g/mol. The van der Waals surface area contributed by atoms with Crippen molar-refractivity contribution in [2.45, 2.75) is 6.18 Å². The van der Waals surface area contributed by atoms with E-state index in [9.17, 15) is 18.0 Å². The first kappa shape index (κ1) is 18.2. The fourth-order valence-electron chi connectivity index (χ4n) is 2.25. The molecular formula is C18H14F3NO3S. The summed E-state index contributed by atoms with van der Waals surface area (Å²) in [5.74, 6) is -1.01. The Morgan fingerprint density at radius 1 is 1.08 bits per heavy atom. The van der Waals surface area contributed by atoms with Crippen LogP contribution in [0.5, 0.6) is 11.5 Å². The quantitative estimate of drug-likeness (QED) is 0.814. The summed E-state index contributed by atoms with van der Waals surface area (Å²) >= 11 is 0.817. The summed E-state index contributed by atoms with van der Waals surface area (Å²) in [6.07, 6.45) is -4.72. The first-order chi connectivity index (χ1) is 12.4. The molecule has 0 fully saturated rings. The van der Waals surface area contributed by atoms with Crippen LogP contribution in [0.1, 0.15) is 0 Å². The normalized spacial score (nSPS) is 14.6. The topological polar surface area (TPSA) is 47.6 Å². The maximum absolute atomic E-state index is 13.1. The molecular weight excluding hydrogens is 367 g/mol. The Balaban J connectivity index is 1.85. The number of amides is 1. The highest BCUT2D eigenvalue weighted by Crippen LogP contribution is 2.38. The van der Waals surface area contributed by atoms with E-state index in [0.29, 0.717) is 11.5 Å². The van der Waals surface area contributed by atoms with Gasteiger partial charge in [0, 0.05) is 5.75 Å². The SMILES string of the molecule is O=C(Nc1ccccc1Oc1ccccc1)C1=C(C(F)(F)F)OCCS1. The lowest BCUT2D eigenvalue weighted by Gasteiger charge is -2.22. The van der Waals surface area contributed by atoms with E-state index in [0.717, 1.165) is 11.8 Å². The van der Waals surface area contributed by atoms with Gasteiger partial charge in [0.2, 0.25) is 5.76 Å². The number of halogens is 3. The fraction of sp³-hybridized carbons (Fsp3) is 0.167. The lowest BCUT2D eigenvalue weighted by molar-refractivity contribution is -0.133. The standard InChI is InChI=1S/C18H14F3NO3S/c19-18(20,21)16-15(26-11-10-24-16)17(23)22-13-8-4-5-9-14(13)25-12-6-2-1-3-7-12/h1-9H,10-11H2,(H,22,23). The second kappa shape index (κ2) is 7.74. The first-order valence-corrected chi connectivity index (χ1v) is 8.64. The minimum absolute atomic E-state index is 0.0933. The van der Waals surface area contributed by atoms with Gasteiger partial charge in [-0.3, -0.25) is 4.79 Å². The van der Waals surface area contributed by atoms with E-state index in [1.165, 1.54) is 0 Å². The zero-order valence-electron chi connectivity index (χ0n) is 13.4. The van der Waals surface area contributed by atoms with Gasteiger partial charge in [-0.1, -0.05) is 30.3 Å². The van der Waals surface area contributed by atoms with E-state index in [1.807, 2.05) is 6.07 Å². The highest BCUT2D eigenvalue weighted by atomic mass is 32.2. The number of thioether (sulfide) groups is 1. The van der Waals surface area contributed by atoms with Crippen molar-refractivity contribution in [3.8, 4) is 11.5 Å². The maximum Gasteiger partial charge on any atom is 0.450 e.